The number of alkyl halides is 3. The molecule has 0 saturated carbocycles. The van der Waals surface area contributed by atoms with Gasteiger partial charge in [-0.1, -0.05) is 29.8 Å². The zero-order chi connectivity index (χ0) is 30.9. The Labute approximate surface area is 245 Å². The molecule has 0 saturated heterocycles. The van der Waals surface area contributed by atoms with Crippen LogP contribution in [0.15, 0.2) is 77.9 Å². The number of aliphatic hydroxyl groups excluding tert-OH is 1. The van der Waals surface area contributed by atoms with E-state index in [2.05, 4.69) is 20.5 Å². The molecule has 0 bridgehead atoms. The predicted molar refractivity (Wildman–Crippen MR) is 149 cm³/mol. The summed E-state index contributed by atoms with van der Waals surface area (Å²) in [7, 11) is 0. The van der Waals surface area contributed by atoms with Gasteiger partial charge >= 0.3 is 11.9 Å². The molecule has 1 atom stereocenters. The summed E-state index contributed by atoms with van der Waals surface area (Å²) in [5, 5.41) is 21.1. The van der Waals surface area contributed by atoms with Gasteiger partial charge in [-0.3, -0.25) is 9.36 Å². The van der Waals surface area contributed by atoms with Gasteiger partial charge in [0.05, 0.1) is 23.5 Å². The van der Waals surface area contributed by atoms with Gasteiger partial charge in [-0.2, -0.15) is 13.2 Å². The lowest BCUT2D eigenvalue weighted by atomic mass is 10.1. The number of amides is 1. The van der Waals surface area contributed by atoms with Gasteiger partial charge in [0.2, 0.25) is 0 Å². The number of aromatic nitrogens is 6. The second kappa shape index (κ2) is 11.8. The van der Waals surface area contributed by atoms with Gasteiger partial charge < -0.3 is 10.4 Å². The minimum absolute atomic E-state index is 0.00109. The normalized spacial score (nSPS) is 12.3. The van der Waals surface area contributed by atoms with Crippen LogP contribution in [0.2, 0.25) is 5.02 Å². The molecule has 43 heavy (non-hydrogen) atoms. The van der Waals surface area contributed by atoms with Crippen LogP contribution in [-0.4, -0.2) is 52.4 Å². The fourth-order valence-electron chi connectivity index (χ4n) is 4.21. The summed E-state index contributed by atoms with van der Waals surface area (Å²) >= 11 is 5.92. The molecule has 1 amide bonds. The molecule has 5 rings (SSSR count). The predicted octanol–water partition coefficient (Wildman–Crippen LogP) is 4.62. The van der Waals surface area contributed by atoms with Crippen molar-refractivity contribution in [2.24, 2.45) is 0 Å². The van der Waals surface area contributed by atoms with Crippen molar-refractivity contribution in [1.82, 2.24) is 29.1 Å². The van der Waals surface area contributed by atoms with Gasteiger partial charge in [0.1, 0.15) is 18.7 Å². The number of nitrogens with one attached hydrogen (secondary N) is 1. The third kappa shape index (κ3) is 6.49. The molecular formula is C28H22ClF4N7O3. The summed E-state index contributed by atoms with van der Waals surface area (Å²) in [6.45, 7) is 0.321. The van der Waals surface area contributed by atoms with E-state index in [9.17, 15) is 32.3 Å². The second-order valence-electron chi connectivity index (χ2n) is 9.50. The van der Waals surface area contributed by atoms with Crippen LogP contribution in [-0.2, 0) is 13.1 Å². The molecule has 5 aromatic rings. The van der Waals surface area contributed by atoms with E-state index in [1.54, 1.807) is 31.2 Å². The fraction of sp³-hybridized carbons (Fsp3) is 0.179. The standard InChI is InChI=1S/C28H22ClF4N7O3/c1-16-6-11-20(30)21(12-16)35-26(42)19-4-2-3-5-22(19)40-15-34-24(36-40)14-39-27(43)38(13-23(41)28(31,32)33)25(37-39)17-7-9-18(29)10-8-17/h2-12,15,23,41H,13-14H2,1H3,(H,35,42). The number of aliphatic hydroxyl groups is 1. The van der Waals surface area contributed by atoms with Gasteiger partial charge in [0.15, 0.2) is 17.8 Å². The molecule has 222 valence electrons. The third-order valence-electron chi connectivity index (χ3n) is 6.35. The summed E-state index contributed by atoms with van der Waals surface area (Å²) in [4.78, 5) is 30.4. The molecule has 0 aliphatic heterocycles. The maximum atomic E-state index is 14.2. The molecule has 0 aliphatic rings. The van der Waals surface area contributed by atoms with Crippen LogP contribution in [0.4, 0.5) is 23.2 Å². The summed E-state index contributed by atoms with van der Waals surface area (Å²) in [5.41, 5.74) is 0.534. The highest BCUT2D eigenvalue weighted by Crippen LogP contribution is 2.24. The number of carbonyl (C=O) groups excluding carboxylic acids is 1. The highest BCUT2D eigenvalue weighted by atomic mass is 35.5. The zero-order valence-corrected chi connectivity index (χ0v) is 23.0. The van der Waals surface area contributed by atoms with Crippen LogP contribution in [0.3, 0.4) is 0 Å². The molecule has 15 heteroatoms. The first kappa shape index (κ1) is 29.7. The van der Waals surface area contributed by atoms with E-state index in [0.29, 0.717) is 15.3 Å². The average molecular weight is 616 g/mol. The Hall–Kier alpha value is -4.82. The van der Waals surface area contributed by atoms with Gasteiger partial charge in [0, 0.05) is 10.6 Å². The Morgan fingerprint density at radius 3 is 2.51 bits per heavy atom. The third-order valence-corrected chi connectivity index (χ3v) is 6.61. The minimum Gasteiger partial charge on any atom is -0.382 e. The number of anilines is 1. The monoisotopic (exact) mass is 615 g/mol. The zero-order valence-electron chi connectivity index (χ0n) is 22.3. The topological polar surface area (TPSA) is 120 Å². The molecular weight excluding hydrogens is 594 g/mol. The second-order valence-corrected chi connectivity index (χ2v) is 9.94. The Kier molecular flexibility index (Phi) is 8.15. The Morgan fingerprint density at radius 2 is 1.79 bits per heavy atom. The molecule has 2 aromatic heterocycles. The van der Waals surface area contributed by atoms with E-state index in [1.165, 1.54) is 53.5 Å². The van der Waals surface area contributed by atoms with Crippen LogP contribution in [0.5, 0.6) is 0 Å². The molecule has 2 N–H and O–H groups in total. The van der Waals surface area contributed by atoms with Crippen LogP contribution in [0.1, 0.15) is 21.7 Å². The minimum atomic E-state index is -4.97. The summed E-state index contributed by atoms with van der Waals surface area (Å²) < 4.78 is 56.5. The lowest BCUT2D eigenvalue weighted by Gasteiger charge is -2.15. The first-order valence-electron chi connectivity index (χ1n) is 12.7. The number of carbonyl (C=O) groups is 1. The fourth-order valence-corrected chi connectivity index (χ4v) is 4.33. The van der Waals surface area contributed by atoms with Gasteiger partial charge in [-0.05, 0) is 61.0 Å². The Bertz CT molecular complexity index is 1850. The maximum Gasteiger partial charge on any atom is 0.416 e. The first-order chi connectivity index (χ1) is 20.4. The SMILES string of the molecule is Cc1ccc(F)c(NC(=O)c2ccccc2-n2cnc(Cn3nc(-c4ccc(Cl)cc4)n(CC(O)C(F)(F)F)c3=O)n2)c1. The van der Waals surface area contributed by atoms with Gasteiger partial charge in [-0.15, -0.1) is 10.2 Å². The van der Waals surface area contributed by atoms with Crippen molar-refractivity contribution in [3.05, 3.63) is 111 Å². The van der Waals surface area contributed by atoms with E-state index in [0.717, 1.165) is 10.2 Å². The maximum absolute atomic E-state index is 14.2. The largest absolute Gasteiger partial charge is 0.416 e. The summed E-state index contributed by atoms with van der Waals surface area (Å²) in [5.74, 6) is -1.30. The van der Waals surface area contributed by atoms with E-state index in [1.807, 2.05) is 0 Å². The van der Waals surface area contributed by atoms with Crippen molar-refractivity contribution >= 4 is 23.2 Å². The van der Waals surface area contributed by atoms with E-state index >= 15 is 0 Å². The number of rotatable bonds is 8. The number of hydrogen-bond donors (Lipinski definition) is 2. The lowest BCUT2D eigenvalue weighted by molar-refractivity contribution is -0.207. The van der Waals surface area contributed by atoms with Crippen molar-refractivity contribution in [2.45, 2.75) is 32.3 Å². The average Bonchev–Trinajstić information content (AvgIpc) is 3.55. The summed E-state index contributed by atoms with van der Waals surface area (Å²) in [6, 6.07) is 16.6. The number of aryl methyl sites for hydroxylation is 1. The highest BCUT2D eigenvalue weighted by molar-refractivity contribution is 6.30. The van der Waals surface area contributed by atoms with E-state index in [-0.39, 0.29) is 35.0 Å². The smallest absolute Gasteiger partial charge is 0.382 e. The van der Waals surface area contributed by atoms with Crippen LogP contribution >= 0.6 is 11.6 Å². The molecule has 0 fully saturated rings. The van der Waals surface area contributed by atoms with Crippen molar-refractivity contribution in [3.8, 4) is 17.1 Å². The van der Waals surface area contributed by atoms with Crippen molar-refractivity contribution in [3.63, 3.8) is 0 Å². The molecule has 10 nitrogen and oxygen atoms in total. The van der Waals surface area contributed by atoms with Crippen LogP contribution in [0.25, 0.3) is 17.1 Å². The number of para-hydroxylation sites is 1. The molecule has 0 aliphatic carbocycles. The number of nitrogens with zero attached hydrogens (tertiary/aromatic N) is 6. The summed E-state index contributed by atoms with van der Waals surface area (Å²) in [6.07, 6.45) is -6.50. The van der Waals surface area contributed by atoms with E-state index < -0.39 is 36.2 Å². The van der Waals surface area contributed by atoms with Crippen molar-refractivity contribution in [2.75, 3.05) is 5.32 Å². The van der Waals surface area contributed by atoms with Gasteiger partial charge in [0.25, 0.3) is 5.91 Å². The molecule has 3 aromatic carbocycles. The van der Waals surface area contributed by atoms with Crippen molar-refractivity contribution in [1.29, 1.82) is 0 Å². The first-order valence-corrected chi connectivity index (χ1v) is 13.0. The molecule has 2 heterocycles. The molecule has 1 unspecified atom stereocenters. The van der Waals surface area contributed by atoms with Crippen LogP contribution < -0.4 is 11.0 Å². The van der Waals surface area contributed by atoms with Gasteiger partial charge in [-0.25, -0.2) is 23.5 Å². The van der Waals surface area contributed by atoms with Crippen molar-refractivity contribution < 1.29 is 27.5 Å². The quantitative estimate of drug-likeness (QED) is 0.246. The van der Waals surface area contributed by atoms with Crippen LogP contribution in [0, 0.1) is 12.7 Å². The number of hydrogen-bond acceptors (Lipinski definition) is 6. The lowest BCUT2D eigenvalue weighted by Crippen LogP contribution is -2.37. The molecule has 0 spiro atoms. The number of halogens is 5. The van der Waals surface area contributed by atoms with E-state index in [4.69, 9.17) is 11.6 Å². The highest BCUT2D eigenvalue weighted by Gasteiger charge is 2.39. The Balaban J connectivity index is 1.45. The number of benzene rings is 3. The molecule has 0 radical (unpaired) electrons. The Morgan fingerprint density at radius 1 is 1.07 bits per heavy atom.